The van der Waals surface area contributed by atoms with E-state index in [0.717, 1.165) is 0 Å². The summed E-state index contributed by atoms with van der Waals surface area (Å²) in [5, 5.41) is 8.63. The summed E-state index contributed by atoms with van der Waals surface area (Å²) in [4.78, 5) is 21.5. The number of benzene rings is 1. The monoisotopic (exact) mass is 238 g/mol. The lowest BCUT2D eigenvalue weighted by molar-refractivity contribution is -0.136. The molecule has 1 aromatic carbocycles. The topological polar surface area (TPSA) is 80.6 Å². The van der Waals surface area contributed by atoms with Crippen LogP contribution in [-0.2, 0) is 11.2 Å². The van der Waals surface area contributed by atoms with Crippen LogP contribution in [0.3, 0.4) is 0 Å². The van der Waals surface area contributed by atoms with Gasteiger partial charge in [0.05, 0.1) is 0 Å². The first-order chi connectivity index (χ1) is 8.06. The lowest BCUT2D eigenvalue weighted by Gasteiger charge is -1.97. The molecule has 6 heteroatoms. The van der Waals surface area contributed by atoms with E-state index in [2.05, 4.69) is 4.42 Å². The summed E-state index contributed by atoms with van der Waals surface area (Å²) in [6.45, 7) is 0. The molecule has 0 spiro atoms. The van der Waals surface area contributed by atoms with Crippen molar-refractivity contribution in [3.05, 3.63) is 46.5 Å². The fraction of sp³-hybridized carbons (Fsp3) is 0.0909. The third-order valence-electron chi connectivity index (χ3n) is 2.06. The van der Waals surface area contributed by atoms with Gasteiger partial charge < -0.3 is 13.9 Å². The van der Waals surface area contributed by atoms with Gasteiger partial charge in [0, 0.05) is 5.56 Å². The molecule has 0 aliphatic heterocycles. The van der Waals surface area contributed by atoms with Crippen molar-refractivity contribution in [3.63, 3.8) is 0 Å². The van der Waals surface area contributed by atoms with Crippen LogP contribution in [-0.4, -0.2) is 11.1 Å². The Morgan fingerprint density at radius 1 is 1.24 bits per heavy atom. The molecule has 0 aliphatic rings. The van der Waals surface area contributed by atoms with Crippen molar-refractivity contribution in [2.24, 2.45) is 0 Å². The van der Waals surface area contributed by atoms with E-state index in [0.29, 0.717) is 5.56 Å². The minimum atomic E-state index is -1.15. The molecular weight excluding hydrogens is 231 g/mol. The molecule has 2 aromatic rings. The van der Waals surface area contributed by atoms with E-state index in [4.69, 9.17) is 9.52 Å². The molecule has 88 valence electrons. The predicted octanol–water partition coefficient (Wildman–Crippen LogP) is 1.67. The van der Waals surface area contributed by atoms with Gasteiger partial charge in [-0.3, -0.25) is 4.79 Å². The fourth-order valence-corrected chi connectivity index (χ4v) is 1.38. The van der Waals surface area contributed by atoms with E-state index in [9.17, 15) is 14.0 Å². The van der Waals surface area contributed by atoms with Crippen molar-refractivity contribution in [2.75, 3.05) is 0 Å². The predicted molar refractivity (Wildman–Crippen MR) is 54.0 cm³/mol. The lowest BCUT2D eigenvalue weighted by Crippen LogP contribution is -2.00. The van der Waals surface area contributed by atoms with Crippen molar-refractivity contribution in [2.45, 2.75) is 6.42 Å². The van der Waals surface area contributed by atoms with Crippen LogP contribution in [0.4, 0.5) is 4.39 Å². The number of aliphatic carboxylic acids is 1. The van der Waals surface area contributed by atoms with Gasteiger partial charge in [0.2, 0.25) is 0 Å². The fourth-order valence-electron chi connectivity index (χ4n) is 1.38. The molecule has 0 aliphatic carbocycles. The molecule has 1 heterocycles. The Hall–Kier alpha value is -2.37. The van der Waals surface area contributed by atoms with E-state index >= 15 is 0 Å². The second-order valence-corrected chi connectivity index (χ2v) is 3.28. The SMILES string of the molecule is O=C(O)Cc1oc(=O)oc1-c1ccc(F)cc1. The molecule has 1 aromatic heterocycles. The van der Waals surface area contributed by atoms with Crippen LogP contribution < -0.4 is 5.82 Å². The summed E-state index contributed by atoms with van der Waals surface area (Å²) in [5.74, 6) is -2.66. The number of hydrogen-bond donors (Lipinski definition) is 1. The molecule has 2 rings (SSSR count). The maximum atomic E-state index is 12.7. The second-order valence-electron chi connectivity index (χ2n) is 3.28. The van der Waals surface area contributed by atoms with Crippen LogP contribution in [0.5, 0.6) is 0 Å². The highest BCUT2D eigenvalue weighted by Crippen LogP contribution is 2.23. The first-order valence-electron chi connectivity index (χ1n) is 4.67. The molecule has 0 bridgehead atoms. The first kappa shape index (κ1) is 11.1. The Labute approximate surface area is 94.1 Å². The van der Waals surface area contributed by atoms with Gasteiger partial charge in [0.25, 0.3) is 0 Å². The number of carboxylic acids is 1. The van der Waals surface area contributed by atoms with Crippen LogP contribution in [0.1, 0.15) is 5.76 Å². The zero-order chi connectivity index (χ0) is 12.4. The van der Waals surface area contributed by atoms with Crippen molar-refractivity contribution < 1.29 is 23.1 Å². The molecular formula is C11H7FO5. The molecule has 0 atom stereocenters. The van der Waals surface area contributed by atoms with Crippen molar-refractivity contribution in [1.82, 2.24) is 0 Å². The highest BCUT2D eigenvalue weighted by molar-refractivity contribution is 5.72. The Kier molecular flexibility index (Phi) is 2.78. The number of rotatable bonds is 3. The van der Waals surface area contributed by atoms with E-state index in [1.807, 2.05) is 0 Å². The summed E-state index contributed by atoms with van der Waals surface area (Å²) < 4.78 is 22.1. The van der Waals surface area contributed by atoms with Gasteiger partial charge >= 0.3 is 11.8 Å². The Morgan fingerprint density at radius 2 is 1.88 bits per heavy atom. The summed E-state index contributed by atoms with van der Waals surface area (Å²) in [6.07, 6.45) is -0.474. The Balaban J connectivity index is 2.47. The maximum Gasteiger partial charge on any atom is 0.519 e. The molecule has 0 fully saturated rings. The van der Waals surface area contributed by atoms with Crippen molar-refractivity contribution in [1.29, 1.82) is 0 Å². The van der Waals surface area contributed by atoms with Gasteiger partial charge in [-0.05, 0) is 24.3 Å². The quantitative estimate of drug-likeness (QED) is 0.879. The first-order valence-corrected chi connectivity index (χ1v) is 4.67. The third kappa shape index (κ3) is 2.41. The molecule has 0 saturated carbocycles. The minimum Gasteiger partial charge on any atom is -0.481 e. The van der Waals surface area contributed by atoms with Crippen molar-refractivity contribution in [3.8, 4) is 11.3 Å². The Morgan fingerprint density at radius 3 is 2.47 bits per heavy atom. The number of hydrogen-bond acceptors (Lipinski definition) is 4. The van der Waals surface area contributed by atoms with Gasteiger partial charge in [-0.25, -0.2) is 9.18 Å². The molecule has 0 unspecified atom stereocenters. The average Bonchev–Trinajstić information content (AvgIpc) is 2.59. The number of halogens is 1. The van der Waals surface area contributed by atoms with E-state index in [-0.39, 0.29) is 11.5 Å². The molecule has 17 heavy (non-hydrogen) atoms. The zero-order valence-electron chi connectivity index (χ0n) is 8.47. The van der Waals surface area contributed by atoms with Crippen LogP contribution in [0.25, 0.3) is 11.3 Å². The van der Waals surface area contributed by atoms with E-state index in [1.54, 1.807) is 0 Å². The lowest BCUT2D eigenvalue weighted by atomic mass is 10.1. The van der Waals surface area contributed by atoms with Crippen LogP contribution >= 0.6 is 0 Å². The third-order valence-corrected chi connectivity index (χ3v) is 2.06. The molecule has 1 N–H and O–H groups in total. The molecule has 0 saturated heterocycles. The van der Waals surface area contributed by atoms with E-state index in [1.165, 1.54) is 24.3 Å². The van der Waals surface area contributed by atoms with Crippen LogP contribution in [0, 0.1) is 5.82 Å². The van der Waals surface area contributed by atoms with Gasteiger partial charge in [0.15, 0.2) is 11.5 Å². The van der Waals surface area contributed by atoms with Crippen LogP contribution in [0.2, 0.25) is 0 Å². The zero-order valence-corrected chi connectivity index (χ0v) is 8.47. The molecule has 0 amide bonds. The van der Waals surface area contributed by atoms with Gasteiger partial charge in [-0.2, -0.15) is 0 Å². The number of carboxylic acid groups (broad SMARTS) is 1. The second kappa shape index (κ2) is 4.25. The highest BCUT2D eigenvalue weighted by atomic mass is 19.1. The molecule has 5 nitrogen and oxygen atoms in total. The smallest absolute Gasteiger partial charge is 0.481 e. The van der Waals surface area contributed by atoms with Gasteiger partial charge in [-0.15, -0.1) is 0 Å². The summed E-state index contributed by atoms with van der Waals surface area (Å²) in [5.41, 5.74) is 0.383. The Bertz CT molecular complexity index is 593. The van der Waals surface area contributed by atoms with Crippen molar-refractivity contribution >= 4 is 5.97 Å². The molecule has 0 radical (unpaired) electrons. The summed E-state index contributed by atoms with van der Waals surface area (Å²) in [7, 11) is 0. The summed E-state index contributed by atoms with van der Waals surface area (Å²) in [6, 6.07) is 5.09. The standard InChI is InChI=1S/C11H7FO5/c12-7-3-1-6(2-4-7)10-8(5-9(13)14)16-11(15)17-10/h1-4H,5H2,(H,13,14). The average molecular weight is 238 g/mol. The minimum absolute atomic E-state index is 0.0115. The largest absolute Gasteiger partial charge is 0.519 e. The van der Waals surface area contributed by atoms with Gasteiger partial charge in [-0.1, -0.05) is 0 Å². The summed E-state index contributed by atoms with van der Waals surface area (Å²) >= 11 is 0. The van der Waals surface area contributed by atoms with Crippen LogP contribution in [0.15, 0.2) is 37.9 Å². The van der Waals surface area contributed by atoms with Gasteiger partial charge in [0.1, 0.15) is 12.2 Å². The maximum absolute atomic E-state index is 12.7. The number of carbonyl (C=O) groups is 1. The normalized spacial score (nSPS) is 10.4. The highest BCUT2D eigenvalue weighted by Gasteiger charge is 2.17. The van der Waals surface area contributed by atoms with E-state index < -0.39 is 24.0 Å².